The van der Waals surface area contributed by atoms with Crippen molar-refractivity contribution in [1.29, 1.82) is 0 Å². The number of primary amides is 1. The third-order valence-corrected chi connectivity index (χ3v) is 23.2. The molecule has 750 valence electrons. The summed E-state index contributed by atoms with van der Waals surface area (Å²) in [6, 6.07) is 65.4. The number of aliphatic hydroxyl groups excluding tert-OH is 3. The zero-order chi connectivity index (χ0) is 102. The summed E-state index contributed by atoms with van der Waals surface area (Å²) in [6.45, 7) is 11.6. The predicted octanol–water partition coefficient (Wildman–Crippen LogP) is 18.2. The first-order valence-corrected chi connectivity index (χ1v) is 48.2. The fraction of sp³-hybridized carbons (Fsp3) is 0.294. The van der Waals surface area contributed by atoms with Gasteiger partial charge < -0.3 is 107 Å². The lowest BCUT2D eigenvalue weighted by Crippen LogP contribution is -2.26. The molecular weight excluding hydrogens is 1940 g/mol. The van der Waals surface area contributed by atoms with E-state index in [9.17, 15) is 58.4 Å². The van der Waals surface area contributed by atoms with Crippen molar-refractivity contribution < 1.29 is 106 Å². The Labute approximate surface area is 842 Å². The van der Waals surface area contributed by atoms with Gasteiger partial charge in [0.05, 0.1) is 108 Å². The number of ether oxygens (including phenoxy) is 9. The Kier molecular flexibility index (Phi) is 41.7. The number of hydrogen-bond acceptors (Lipinski definition) is 24. The van der Waals surface area contributed by atoms with Crippen LogP contribution in [-0.2, 0) is 22.4 Å². The Morgan fingerprint density at radius 1 is 0.413 bits per heavy atom. The number of nitrogens with two attached hydrogens (primary N) is 2. The molecule has 13 rings (SSSR count). The molecule has 1 saturated carbocycles. The Bertz CT molecular complexity index is 6470. The topological polar surface area (TPSA) is 477 Å². The van der Waals surface area contributed by atoms with E-state index in [1.54, 1.807) is 78.9 Å². The zero-order valence-corrected chi connectivity index (χ0v) is 82.6. The smallest absolute Gasteiger partial charge is 0.337 e. The highest BCUT2D eigenvalue weighted by molar-refractivity contribution is 14.1. The first kappa shape index (κ1) is 108. The summed E-state index contributed by atoms with van der Waals surface area (Å²) in [7, 11) is 1.28. The van der Waals surface area contributed by atoms with Gasteiger partial charge in [0, 0.05) is 77.0 Å². The van der Waals surface area contributed by atoms with Crippen LogP contribution in [0.2, 0.25) is 0 Å². The van der Waals surface area contributed by atoms with Gasteiger partial charge in [0.15, 0.2) is 5.75 Å². The molecule has 12 aromatic rings. The molecule has 14 N–H and O–H groups in total. The van der Waals surface area contributed by atoms with Crippen LogP contribution in [-0.4, -0.2) is 166 Å². The summed E-state index contributed by atoms with van der Waals surface area (Å²) in [4.78, 5) is 127. The van der Waals surface area contributed by atoms with Crippen molar-refractivity contribution >= 4 is 137 Å². The lowest BCUT2D eigenvalue weighted by Gasteiger charge is -2.23. The number of nitrogens with zero attached hydrogens (tertiary/aromatic N) is 1. The number of carbonyl (C=O) groups is 9. The molecule has 12 aromatic carbocycles. The number of hydrogen-bond donors (Lipinski definition) is 12. The molecule has 0 saturated heterocycles. The molecule has 0 aliphatic heterocycles. The number of nitrogens with one attached hydrogen (secondary N) is 7. The van der Waals surface area contributed by atoms with Crippen molar-refractivity contribution in [2.45, 2.75) is 98.8 Å². The molecule has 34 heteroatoms. The average Bonchev–Trinajstić information content (AvgIpc) is 0.819. The molecule has 8 amide bonds. The van der Waals surface area contributed by atoms with E-state index in [1.807, 2.05) is 83.1 Å². The molecule has 33 nitrogen and oxygen atoms in total. The van der Waals surface area contributed by atoms with Gasteiger partial charge in [-0.25, -0.2) is 4.79 Å². The first-order valence-electron chi connectivity index (χ1n) is 47.1. The van der Waals surface area contributed by atoms with Gasteiger partial charge in [-0.2, -0.15) is 0 Å². The van der Waals surface area contributed by atoms with Crippen LogP contribution < -0.4 is 86.6 Å². The summed E-state index contributed by atoms with van der Waals surface area (Å²) < 4.78 is 52.3. The van der Waals surface area contributed by atoms with Gasteiger partial charge in [-0.15, -0.1) is 0 Å². The summed E-state index contributed by atoms with van der Waals surface area (Å²) >= 11 is 2.09. The minimum Gasteiger partial charge on any atom is -0.491 e. The Morgan fingerprint density at radius 2 is 0.783 bits per heavy atom. The van der Waals surface area contributed by atoms with Gasteiger partial charge in [0.2, 0.25) is 11.8 Å². The standard InChI is InChI=1S/C40H39N3O10.C38H44N4O6.C31H36IN3O7/c1-3-4-19-51-36-25-31(40(47)50-2)12-15-33(36)42-38(45)29-11-14-32(41-39(46)30-13-16-34(43(48)49)37(24-30)53-21-18-44)35(23-29)52-20-17-26-9-10-27-7-5-6-8-28(27)22-26;39-18-16-36(44)41-32-14-13-31(24-34(32)47-21-20-43)38(46)42-33-15-12-30(23-35(33)48-25-27-6-2-1-3-7-27)37(45)40-19-17-26-10-11-28-8-4-5-9-29(28)22-26;1-18(2)16-41-27-13-20(29(33)37)6-9-24(27)34-31(39)22-7-10-25(28(15-22)42-17-19(3)4)35-30(38)21-5-8-23(32)26(14-21)40-12-11-36/h5-16,22-25,44H,3-4,17-21H2,1-2H3,(H,41,46)(H,42,45);4-5,8-15,22-24,27,43H,1-3,6-7,16-21,25,39H2,(H,40,45)(H,41,44)(H,42,46);5-10,13-15,18-19,36H,11-12,16-17H2,1-4H3,(H2,33,37)(H,34,39)(H,35,38). The third kappa shape index (κ3) is 32.7. The molecule has 0 spiro atoms. The number of nitro benzene ring substituents is 1. The van der Waals surface area contributed by atoms with Gasteiger partial charge in [-0.05, 0) is 232 Å². The fourth-order valence-electron chi connectivity index (χ4n) is 14.8. The van der Waals surface area contributed by atoms with Crippen LogP contribution in [0.25, 0.3) is 21.5 Å². The van der Waals surface area contributed by atoms with Gasteiger partial charge in [0.25, 0.3) is 35.4 Å². The maximum absolute atomic E-state index is 13.6. The predicted molar refractivity (Wildman–Crippen MR) is 557 cm³/mol. The molecule has 0 heterocycles. The number of carbonyl (C=O) groups excluding carboxylic acids is 9. The van der Waals surface area contributed by atoms with E-state index in [4.69, 9.17) is 64.3 Å². The number of aliphatic hydroxyl groups is 3. The summed E-state index contributed by atoms with van der Waals surface area (Å²) in [5.41, 5.74) is 17.0. The van der Waals surface area contributed by atoms with Crippen molar-refractivity contribution in [3.63, 3.8) is 0 Å². The van der Waals surface area contributed by atoms with Crippen LogP contribution in [0.4, 0.5) is 39.8 Å². The normalized spacial score (nSPS) is 11.6. The third-order valence-electron chi connectivity index (χ3n) is 22.3. The number of methoxy groups -OCH3 is 1. The number of rotatable bonds is 46. The van der Waals surface area contributed by atoms with E-state index >= 15 is 0 Å². The Balaban J connectivity index is 0.000000206. The number of nitro groups is 1. The summed E-state index contributed by atoms with van der Waals surface area (Å²) in [6.07, 6.45) is 8.72. The van der Waals surface area contributed by atoms with Crippen LogP contribution in [0.3, 0.4) is 0 Å². The number of halogens is 1. The van der Waals surface area contributed by atoms with E-state index in [0.29, 0.717) is 120 Å². The molecule has 0 bridgehead atoms. The van der Waals surface area contributed by atoms with Gasteiger partial charge in [-0.3, -0.25) is 48.5 Å². The number of fused-ring (bicyclic) bond motifs is 2. The van der Waals surface area contributed by atoms with Crippen LogP contribution in [0.1, 0.15) is 180 Å². The van der Waals surface area contributed by atoms with Crippen molar-refractivity contribution in [3.05, 3.63) is 300 Å². The molecule has 0 aromatic heterocycles. The number of benzene rings is 12. The van der Waals surface area contributed by atoms with E-state index in [-0.39, 0.29) is 145 Å². The molecule has 143 heavy (non-hydrogen) atoms. The van der Waals surface area contributed by atoms with Gasteiger partial charge in [0.1, 0.15) is 60.1 Å². The molecule has 0 radical (unpaired) electrons. The Morgan fingerprint density at radius 3 is 1.23 bits per heavy atom. The van der Waals surface area contributed by atoms with E-state index in [1.165, 1.54) is 92.4 Å². The molecular formula is C109H119IN10O23. The second kappa shape index (κ2) is 55.1. The summed E-state index contributed by atoms with van der Waals surface area (Å²) in [5.74, 6) is -1.11. The highest BCUT2D eigenvalue weighted by atomic mass is 127. The maximum Gasteiger partial charge on any atom is 0.337 e. The number of unbranched alkanes of at least 4 members (excludes halogenated alkanes) is 1. The van der Waals surface area contributed by atoms with Crippen LogP contribution in [0, 0.1) is 31.4 Å². The van der Waals surface area contributed by atoms with Crippen molar-refractivity contribution in [2.24, 2.45) is 29.2 Å². The maximum atomic E-state index is 13.6. The van der Waals surface area contributed by atoms with Crippen LogP contribution in [0.15, 0.2) is 231 Å². The van der Waals surface area contributed by atoms with Crippen LogP contribution >= 0.6 is 22.6 Å². The fourth-order valence-corrected chi connectivity index (χ4v) is 15.3. The first-order chi connectivity index (χ1) is 69.1. The van der Waals surface area contributed by atoms with Crippen molar-refractivity contribution in [2.75, 3.05) is 125 Å². The molecule has 1 aliphatic rings. The zero-order valence-electron chi connectivity index (χ0n) is 80.4. The lowest BCUT2D eigenvalue weighted by atomic mass is 9.90. The minimum absolute atomic E-state index is 0.0181. The minimum atomic E-state index is -0.645. The van der Waals surface area contributed by atoms with Crippen molar-refractivity contribution in [1.82, 2.24) is 5.32 Å². The second-order valence-electron chi connectivity index (χ2n) is 34.2. The number of anilines is 6. The highest BCUT2D eigenvalue weighted by Crippen LogP contribution is 2.38. The lowest BCUT2D eigenvalue weighted by molar-refractivity contribution is -0.385. The molecule has 1 aliphatic carbocycles. The quantitative estimate of drug-likeness (QED) is 0.00554. The van der Waals surface area contributed by atoms with Crippen molar-refractivity contribution in [3.8, 4) is 46.0 Å². The second-order valence-corrected chi connectivity index (χ2v) is 35.3. The summed E-state index contributed by atoms with van der Waals surface area (Å²) in [5, 5.41) is 63.5. The SMILES string of the molecule is CC(C)COc1cc(C(N)=O)ccc1NC(=O)c1ccc(NC(=O)c2ccc(I)c(OCCO)c2)c(OCC(C)C)c1.CCCCOc1cc(C(=O)OC)ccc1NC(=O)c1ccc(NC(=O)c2ccc([N+](=O)[O-])c(OCCO)c2)c(OCCc2ccc3ccccc3c2)c1.NCCC(=O)Nc1ccc(C(=O)Nc2ccc(C(=O)NCCc3ccc4ccccc4c3)cc2OCC2CCCCC2)cc1OCCO. The largest absolute Gasteiger partial charge is 0.491 e. The Hall–Kier alpha value is -15.2. The van der Waals surface area contributed by atoms with E-state index < -0.39 is 46.3 Å². The molecule has 0 atom stereocenters. The monoisotopic (exact) mass is 2060 g/mol. The number of esters is 1. The van der Waals surface area contributed by atoms with E-state index in [2.05, 4.69) is 96.2 Å². The van der Waals surface area contributed by atoms with Crippen LogP contribution in [0.5, 0.6) is 46.0 Å². The van der Waals surface area contributed by atoms with Gasteiger partial charge in [-0.1, -0.05) is 145 Å². The van der Waals surface area contributed by atoms with Gasteiger partial charge >= 0.3 is 11.7 Å². The number of amides is 8. The average molecular weight is 2060 g/mol. The molecule has 0 unspecified atom stereocenters. The van der Waals surface area contributed by atoms with E-state index in [0.717, 1.165) is 62.6 Å². The highest BCUT2D eigenvalue weighted by Gasteiger charge is 2.26. The molecule has 1 fully saturated rings.